The van der Waals surface area contributed by atoms with E-state index in [9.17, 15) is 8.42 Å². The Labute approximate surface area is 117 Å². The lowest BCUT2D eigenvalue weighted by Gasteiger charge is -2.11. The van der Waals surface area contributed by atoms with Crippen molar-refractivity contribution in [1.29, 1.82) is 0 Å². The van der Waals surface area contributed by atoms with Gasteiger partial charge in [0, 0.05) is 10.9 Å². The van der Waals surface area contributed by atoms with Gasteiger partial charge in [0.05, 0.1) is 18.6 Å². The Balaban J connectivity index is 2.79. The summed E-state index contributed by atoms with van der Waals surface area (Å²) < 4.78 is 31.1. The highest BCUT2D eigenvalue weighted by atomic mass is 35.5. The van der Waals surface area contributed by atoms with E-state index in [2.05, 4.69) is 4.72 Å². The highest BCUT2D eigenvalue weighted by Gasteiger charge is 2.13. The minimum Gasteiger partial charge on any atom is -0.495 e. The molecule has 4 nitrogen and oxygen atoms in total. The lowest BCUT2D eigenvalue weighted by Crippen LogP contribution is -2.17. The number of ether oxygens (including phenoxy) is 1. The summed E-state index contributed by atoms with van der Waals surface area (Å²) in [5.74, 6) is 0.908. The van der Waals surface area contributed by atoms with Crippen LogP contribution in [0.1, 0.15) is 12.8 Å². The Morgan fingerprint density at radius 2 is 2.06 bits per heavy atom. The molecular formula is C11H15Cl2NO3S. The van der Waals surface area contributed by atoms with Crippen LogP contribution < -0.4 is 9.46 Å². The molecule has 0 heterocycles. The van der Waals surface area contributed by atoms with Crippen molar-refractivity contribution in [2.24, 2.45) is 0 Å². The minimum absolute atomic E-state index is 0.0232. The summed E-state index contributed by atoms with van der Waals surface area (Å²) in [6.07, 6.45) is 1.18. The summed E-state index contributed by atoms with van der Waals surface area (Å²) in [4.78, 5) is 0. The molecule has 0 saturated carbocycles. The highest BCUT2D eigenvalue weighted by molar-refractivity contribution is 7.92. The van der Waals surface area contributed by atoms with E-state index in [1.54, 1.807) is 12.1 Å². The number of methoxy groups -OCH3 is 1. The number of anilines is 1. The van der Waals surface area contributed by atoms with Crippen molar-refractivity contribution in [1.82, 2.24) is 0 Å². The number of rotatable bonds is 7. The Kier molecular flexibility index (Phi) is 6.05. The molecule has 18 heavy (non-hydrogen) atoms. The van der Waals surface area contributed by atoms with Crippen molar-refractivity contribution in [3.63, 3.8) is 0 Å². The molecule has 0 atom stereocenters. The normalized spacial score (nSPS) is 11.3. The summed E-state index contributed by atoms with van der Waals surface area (Å²) in [6, 6.07) is 4.75. The van der Waals surface area contributed by atoms with Gasteiger partial charge in [-0.3, -0.25) is 4.72 Å². The van der Waals surface area contributed by atoms with Gasteiger partial charge in [0.15, 0.2) is 0 Å². The van der Waals surface area contributed by atoms with Gasteiger partial charge in [-0.25, -0.2) is 8.42 Å². The molecule has 0 saturated heterocycles. The maximum atomic E-state index is 11.8. The predicted octanol–water partition coefficient (Wildman–Crippen LogP) is 3.11. The van der Waals surface area contributed by atoms with Gasteiger partial charge in [0.2, 0.25) is 10.0 Å². The van der Waals surface area contributed by atoms with Crippen LogP contribution in [0.25, 0.3) is 0 Å². The molecule has 0 unspecified atom stereocenters. The second kappa shape index (κ2) is 7.07. The minimum atomic E-state index is -3.40. The van der Waals surface area contributed by atoms with Crippen LogP contribution in [0.3, 0.4) is 0 Å². The highest BCUT2D eigenvalue weighted by Crippen LogP contribution is 2.28. The Bertz CT molecular complexity index is 491. The summed E-state index contributed by atoms with van der Waals surface area (Å²) in [6.45, 7) is 0. The van der Waals surface area contributed by atoms with E-state index in [1.165, 1.54) is 13.2 Å². The molecule has 102 valence electrons. The Morgan fingerprint density at radius 1 is 1.33 bits per heavy atom. The number of benzene rings is 1. The van der Waals surface area contributed by atoms with Crippen LogP contribution in [0.5, 0.6) is 5.75 Å². The molecule has 0 aromatic heterocycles. The molecule has 0 radical (unpaired) electrons. The van der Waals surface area contributed by atoms with Crippen molar-refractivity contribution >= 4 is 38.9 Å². The maximum absolute atomic E-state index is 11.8. The molecule has 0 amide bonds. The summed E-state index contributed by atoms with van der Waals surface area (Å²) in [7, 11) is -1.94. The zero-order valence-corrected chi connectivity index (χ0v) is 12.3. The van der Waals surface area contributed by atoms with Crippen LogP contribution in [0.15, 0.2) is 18.2 Å². The number of halogens is 2. The predicted molar refractivity (Wildman–Crippen MR) is 75.4 cm³/mol. The first-order valence-corrected chi connectivity index (χ1v) is 7.95. The van der Waals surface area contributed by atoms with E-state index < -0.39 is 10.0 Å². The zero-order chi connectivity index (χ0) is 13.6. The number of alkyl halides is 1. The first-order chi connectivity index (χ1) is 8.48. The topological polar surface area (TPSA) is 55.4 Å². The fourth-order valence-electron chi connectivity index (χ4n) is 1.37. The van der Waals surface area contributed by atoms with Gasteiger partial charge in [0.25, 0.3) is 0 Å². The molecule has 0 fully saturated rings. The van der Waals surface area contributed by atoms with Crippen LogP contribution in [-0.2, 0) is 10.0 Å². The molecule has 7 heteroatoms. The molecule has 1 N–H and O–H groups in total. The number of nitrogens with one attached hydrogen (secondary N) is 1. The third-order valence-corrected chi connectivity index (χ3v) is 4.08. The largest absolute Gasteiger partial charge is 0.495 e. The van der Waals surface area contributed by atoms with Gasteiger partial charge < -0.3 is 4.74 Å². The fraction of sp³-hybridized carbons (Fsp3) is 0.455. The van der Waals surface area contributed by atoms with Crippen molar-refractivity contribution in [2.45, 2.75) is 12.8 Å². The third kappa shape index (κ3) is 4.92. The van der Waals surface area contributed by atoms with E-state index in [0.717, 1.165) is 0 Å². The van der Waals surface area contributed by atoms with E-state index in [0.29, 0.717) is 35.2 Å². The van der Waals surface area contributed by atoms with E-state index >= 15 is 0 Å². The molecule has 0 aliphatic heterocycles. The van der Waals surface area contributed by atoms with Gasteiger partial charge in [-0.1, -0.05) is 11.6 Å². The van der Waals surface area contributed by atoms with Crippen molar-refractivity contribution in [2.75, 3.05) is 23.5 Å². The molecule has 0 spiro atoms. The standard InChI is InChI=1S/C11H15Cl2NO3S/c1-17-11-5-4-9(13)8-10(11)14-18(15,16)7-3-2-6-12/h4-5,8,14H,2-3,6-7H2,1H3. The quantitative estimate of drug-likeness (QED) is 0.622. The molecule has 0 aliphatic carbocycles. The fourth-order valence-corrected chi connectivity index (χ4v) is 2.91. The SMILES string of the molecule is COc1ccc(Cl)cc1NS(=O)(=O)CCCCCl. The van der Waals surface area contributed by atoms with Crippen molar-refractivity contribution < 1.29 is 13.2 Å². The molecule has 1 rings (SSSR count). The second-order valence-corrected chi connectivity index (χ2v) is 6.32. The average molecular weight is 312 g/mol. The van der Waals surface area contributed by atoms with Crippen LogP contribution in [-0.4, -0.2) is 27.2 Å². The van der Waals surface area contributed by atoms with Gasteiger partial charge in [-0.05, 0) is 31.0 Å². The Hall–Kier alpha value is -0.650. The third-order valence-electron chi connectivity index (χ3n) is 2.22. The average Bonchev–Trinajstić information content (AvgIpc) is 2.29. The van der Waals surface area contributed by atoms with Crippen molar-refractivity contribution in [3.8, 4) is 5.75 Å². The monoisotopic (exact) mass is 311 g/mol. The lowest BCUT2D eigenvalue weighted by molar-refractivity contribution is 0.417. The van der Waals surface area contributed by atoms with Gasteiger partial charge in [-0.15, -0.1) is 11.6 Å². The van der Waals surface area contributed by atoms with Crippen molar-refractivity contribution in [3.05, 3.63) is 23.2 Å². The maximum Gasteiger partial charge on any atom is 0.232 e. The van der Waals surface area contributed by atoms with Crippen LogP contribution >= 0.6 is 23.2 Å². The van der Waals surface area contributed by atoms with Gasteiger partial charge in [-0.2, -0.15) is 0 Å². The lowest BCUT2D eigenvalue weighted by atomic mass is 10.3. The first kappa shape index (κ1) is 15.4. The number of hydrogen-bond donors (Lipinski definition) is 1. The van der Waals surface area contributed by atoms with Crippen LogP contribution in [0.2, 0.25) is 5.02 Å². The van der Waals surface area contributed by atoms with Crippen LogP contribution in [0.4, 0.5) is 5.69 Å². The molecule has 0 aliphatic rings. The number of hydrogen-bond acceptors (Lipinski definition) is 3. The zero-order valence-electron chi connectivity index (χ0n) is 9.95. The smallest absolute Gasteiger partial charge is 0.232 e. The van der Waals surface area contributed by atoms with Crippen LogP contribution in [0, 0.1) is 0 Å². The second-order valence-electron chi connectivity index (χ2n) is 3.66. The first-order valence-electron chi connectivity index (χ1n) is 5.38. The van der Waals surface area contributed by atoms with Gasteiger partial charge >= 0.3 is 0 Å². The Morgan fingerprint density at radius 3 is 2.67 bits per heavy atom. The van der Waals surface area contributed by atoms with E-state index in [4.69, 9.17) is 27.9 Å². The molecular weight excluding hydrogens is 297 g/mol. The van der Waals surface area contributed by atoms with Gasteiger partial charge in [0.1, 0.15) is 5.75 Å². The molecule has 0 bridgehead atoms. The van der Waals surface area contributed by atoms with E-state index in [1.807, 2.05) is 0 Å². The summed E-state index contributed by atoms with van der Waals surface area (Å²) >= 11 is 11.3. The number of sulfonamides is 1. The number of unbranched alkanes of at least 4 members (excludes halogenated alkanes) is 1. The summed E-state index contributed by atoms with van der Waals surface area (Å²) in [5, 5.41) is 0.439. The molecule has 1 aromatic carbocycles. The molecule has 1 aromatic rings. The van der Waals surface area contributed by atoms with E-state index in [-0.39, 0.29) is 5.75 Å². The summed E-state index contributed by atoms with van der Waals surface area (Å²) in [5.41, 5.74) is 0.343.